The van der Waals surface area contributed by atoms with Crippen LogP contribution in [0.5, 0.6) is 0 Å². The lowest BCUT2D eigenvalue weighted by Gasteiger charge is -2.30. The van der Waals surface area contributed by atoms with Crippen LogP contribution in [0.15, 0.2) is 94.2 Å². The summed E-state index contributed by atoms with van der Waals surface area (Å²) >= 11 is -2.44. The number of ether oxygens (including phenoxy) is 1. The second kappa shape index (κ2) is 12.1. The second-order valence-corrected chi connectivity index (χ2v) is 10.9. The summed E-state index contributed by atoms with van der Waals surface area (Å²) in [6, 6.07) is 20.9. The highest BCUT2D eigenvalue weighted by Gasteiger charge is 2.33. The molecule has 0 spiro atoms. The third kappa shape index (κ3) is 5.59. The summed E-state index contributed by atoms with van der Waals surface area (Å²) in [5, 5.41) is 3.76. The molecule has 42 heavy (non-hydrogen) atoms. The van der Waals surface area contributed by atoms with Crippen molar-refractivity contribution in [2.75, 3.05) is 16.7 Å². The highest BCUT2D eigenvalue weighted by Crippen LogP contribution is 2.35. The summed E-state index contributed by atoms with van der Waals surface area (Å²) < 4.78 is 39.3. The largest absolute Gasteiger partial charge is 0.472 e. The Labute approximate surface area is 245 Å². The lowest BCUT2D eigenvalue weighted by molar-refractivity contribution is -0.142. The van der Waals surface area contributed by atoms with E-state index in [0.29, 0.717) is 17.0 Å². The molecule has 0 radical (unpaired) electrons. The van der Waals surface area contributed by atoms with Crippen LogP contribution < -0.4 is 9.62 Å². The molecule has 0 fully saturated rings. The average Bonchev–Trinajstić information content (AvgIpc) is 3.64. The number of benzene rings is 3. The molecular formula is C32H30N2O7S. The number of rotatable bonds is 9. The van der Waals surface area contributed by atoms with E-state index in [1.807, 2.05) is 43.3 Å². The van der Waals surface area contributed by atoms with Gasteiger partial charge in [0.2, 0.25) is 0 Å². The molecular weight excluding hydrogens is 556 g/mol. The van der Waals surface area contributed by atoms with E-state index >= 15 is 0 Å². The molecule has 10 heteroatoms. The first-order valence-corrected chi connectivity index (χ1v) is 14.3. The Morgan fingerprint density at radius 1 is 0.952 bits per heavy atom. The number of carbonyl (C=O) groups is 2. The minimum Gasteiger partial charge on any atom is -0.472 e. The number of hydrogen-bond acceptors (Lipinski definition) is 6. The van der Waals surface area contributed by atoms with Gasteiger partial charge in [-0.25, -0.2) is 9.00 Å². The normalized spacial score (nSPS) is 12.7. The summed E-state index contributed by atoms with van der Waals surface area (Å²) in [5.41, 5.74) is 5.90. The maximum Gasteiger partial charge on any atom is 0.329 e. The third-order valence-electron chi connectivity index (χ3n) is 7.09. The molecule has 5 rings (SSSR count). The lowest BCUT2D eigenvalue weighted by atomic mass is 10.0. The van der Waals surface area contributed by atoms with Gasteiger partial charge in [-0.3, -0.25) is 13.7 Å². The summed E-state index contributed by atoms with van der Waals surface area (Å²) in [6.07, 6.45) is 3.26. The van der Waals surface area contributed by atoms with E-state index in [2.05, 4.69) is 5.32 Å². The standard InChI is InChI=1S/C32H30N2O7S/c1-19(2)29(32(36)39-4)34(42(37)38)25-14-10-22(11-15-25)21-8-12-24(13-9-21)33-31(35)30-20(3)28-26(23-16-17-40-18-23)6-5-7-27(28)41-30/h5-19,29H,1-4H3,(H,33,35)(H,37,38). The minimum absolute atomic E-state index is 0.234. The molecule has 9 nitrogen and oxygen atoms in total. The van der Waals surface area contributed by atoms with Crippen molar-refractivity contribution < 1.29 is 31.9 Å². The molecule has 2 unspecified atom stereocenters. The molecule has 0 saturated carbocycles. The minimum atomic E-state index is -2.44. The predicted octanol–water partition coefficient (Wildman–Crippen LogP) is 7.06. The molecule has 2 atom stereocenters. The van der Waals surface area contributed by atoms with Crippen molar-refractivity contribution in [2.45, 2.75) is 26.8 Å². The quantitative estimate of drug-likeness (QED) is 0.140. The highest BCUT2D eigenvalue weighted by atomic mass is 32.2. The number of nitrogens with zero attached hydrogens (tertiary/aromatic N) is 1. The molecule has 2 heterocycles. The van der Waals surface area contributed by atoms with E-state index in [9.17, 15) is 18.4 Å². The Kier molecular flexibility index (Phi) is 8.28. The van der Waals surface area contributed by atoms with Crippen molar-refractivity contribution in [1.29, 1.82) is 0 Å². The summed E-state index contributed by atoms with van der Waals surface area (Å²) in [7, 11) is 1.25. The summed E-state index contributed by atoms with van der Waals surface area (Å²) in [5.74, 6) is -0.984. The van der Waals surface area contributed by atoms with Gasteiger partial charge in [0.15, 0.2) is 5.76 Å². The predicted molar refractivity (Wildman–Crippen MR) is 162 cm³/mol. The van der Waals surface area contributed by atoms with E-state index in [1.54, 1.807) is 62.8 Å². The van der Waals surface area contributed by atoms with Crippen LogP contribution in [0, 0.1) is 12.8 Å². The van der Waals surface area contributed by atoms with Gasteiger partial charge in [-0.1, -0.05) is 50.2 Å². The number of nitrogens with one attached hydrogen (secondary N) is 1. The fourth-order valence-electron chi connectivity index (χ4n) is 5.02. The average molecular weight is 587 g/mol. The van der Waals surface area contributed by atoms with Crippen molar-refractivity contribution in [1.82, 2.24) is 0 Å². The topological polar surface area (TPSA) is 122 Å². The first-order chi connectivity index (χ1) is 20.2. The number of amides is 1. The smallest absolute Gasteiger partial charge is 0.329 e. The number of methoxy groups -OCH3 is 1. The number of aryl methyl sites for hydroxylation is 1. The molecule has 0 aliphatic heterocycles. The SMILES string of the molecule is COC(=O)C(C(C)C)N(c1ccc(-c2ccc(NC(=O)c3oc4cccc(-c5ccoc5)c4c3C)cc2)cc1)S(=O)O. The lowest BCUT2D eigenvalue weighted by Crippen LogP contribution is -2.46. The number of anilines is 2. The third-order valence-corrected chi connectivity index (χ3v) is 7.86. The molecule has 3 aromatic carbocycles. The summed E-state index contributed by atoms with van der Waals surface area (Å²) in [6.45, 7) is 5.42. The van der Waals surface area contributed by atoms with Crippen LogP contribution in [-0.2, 0) is 20.8 Å². The Morgan fingerprint density at radius 2 is 1.62 bits per heavy atom. The number of hydrogen-bond donors (Lipinski definition) is 2. The van der Waals surface area contributed by atoms with Crippen LogP contribution in [0.25, 0.3) is 33.2 Å². The molecule has 216 valence electrons. The van der Waals surface area contributed by atoms with Gasteiger partial charge in [0.25, 0.3) is 17.2 Å². The number of carbonyl (C=O) groups excluding carboxylic acids is 2. The van der Waals surface area contributed by atoms with Crippen molar-refractivity contribution in [3.8, 4) is 22.3 Å². The van der Waals surface area contributed by atoms with E-state index in [0.717, 1.165) is 37.5 Å². The van der Waals surface area contributed by atoms with Crippen LogP contribution >= 0.6 is 0 Å². The van der Waals surface area contributed by atoms with E-state index in [-0.39, 0.29) is 17.6 Å². The first kappa shape index (κ1) is 28.8. The van der Waals surface area contributed by atoms with Gasteiger partial charge in [0.1, 0.15) is 11.6 Å². The zero-order valence-electron chi connectivity index (χ0n) is 23.5. The number of furan rings is 2. The highest BCUT2D eigenvalue weighted by molar-refractivity contribution is 7.80. The zero-order valence-corrected chi connectivity index (χ0v) is 24.3. The van der Waals surface area contributed by atoms with Gasteiger partial charge in [-0.05, 0) is 65.9 Å². The Morgan fingerprint density at radius 3 is 2.19 bits per heavy atom. The van der Waals surface area contributed by atoms with Crippen LogP contribution in [-0.4, -0.2) is 33.8 Å². The maximum atomic E-state index is 13.2. The van der Waals surface area contributed by atoms with Crippen molar-refractivity contribution in [3.05, 3.63) is 96.6 Å². The fraction of sp³-hybridized carbons (Fsp3) is 0.188. The van der Waals surface area contributed by atoms with E-state index in [1.165, 1.54) is 7.11 Å². The molecule has 0 aliphatic rings. The van der Waals surface area contributed by atoms with Crippen LogP contribution in [0.4, 0.5) is 11.4 Å². The molecule has 5 aromatic rings. The monoisotopic (exact) mass is 586 g/mol. The zero-order chi connectivity index (χ0) is 30.0. The maximum absolute atomic E-state index is 13.2. The molecule has 2 aromatic heterocycles. The first-order valence-electron chi connectivity index (χ1n) is 13.2. The van der Waals surface area contributed by atoms with Gasteiger partial charge in [0, 0.05) is 22.2 Å². The Bertz CT molecular complexity index is 1740. The van der Waals surface area contributed by atoms with Crippen LogP contribution in [0.1, 0.15) is 30.0 Å². The van der Waals surface area contributed by atoms with Crippen molar-refractivity contribution in [2.24, 2.45) is 5.92 Å². The molecule has 0 aliphatic carbocycles. The van der Waals surface area contributed by atoms with Gasteiger partial charge < -0.3 is 18.9 Å². The summed E-state index contributed by atoms with van der Waals surface area (Å²) in [4.78, 5) is 25.5. The van der Waals surface area contributed by atoms with Gasteiger partial charge in [0.05, 0.1) is 25.3 Å². The Balaban J connectivity index is 1.34. The second-order valence-electron chi connectivity index (χ2n) is 10.1. The molecule has 0 saturated heterocycles. The number of esters is 1. The van der Waals surface area contributed by atoms with Crippen molar-refractivity contribution in [3.63, 3.8) is 0 Å². The van der Waals surface area contributed by atoms with Crippen LogP contribution in [0.3, 0.4) is 0 Å². The van der Waals surface area contributed by atoms with Crippen molar-refractivity contribution >= 4 is 45.5 Å². The molecule has 0 bridgehead atoms. The van der Waals surface area contributed by atoms with E-state index < -0.39 is 23.3 Å². The number of fused-ring (bicyclic) bond motifs is 1. The molecule has 1 amide bonds. The molecule has 2 N–H and O–H groups in total. The Hall–Kier alpha value is -4.67. The van der Waals surface area contributed by atoms with Crippen LogP contribution in [0.2, 0.25) is 0 Å². The van der Waals surface area contributed by atoms with E-state index in [4.69, 9.17) is 13.6 Å². The van der Waals surface area contributed by atoms with Gasteiger partial charge in [-0.15, -0.1) is 0 Å². The fourth-order valence-corrected chi connectivity index (χ4v) is 5.85. The van der Waals surface area contributed by atoms with Gasteiger partial charge >= 0.3 is 5.97 Å². The van der Waals surface area contributed by atoms with Gasteiger partial charge in [-0.2, -0.15) is 0 Å².